The number of fused-ring (bicyclic) bond motifs is 1. The van der Waals surface area contributed by atoms with Gasteiger partial charge >= 0.3 is 5.69 Å². The SMILES string of the molecule is COc1ccc(F)cc1C(=O)Cn1c(=O)n(C(C)C(C)=O)c(=O)c2c(C)c(-n3nccn3)sc21. The number of ether oxygens (including phenoxy) is 1. The largest absolute Gasteiger partial charge is 0.496 e. The molecular formula is C22H20FN5O5S. The topological polar surface area (TPSA) is 118 Å². The maximum atomic E-state index is 13.9. The van der Waals surface area contributed by atoms with Crippen molar-refractivity contribution in [3.8, 4) is 10.8 Å². The van der Waals surface area contributed by atoms with Crippen molar-refractivity contribution < 1.29 is 18.7 Å². The first-order chi connectivity index (χ1) is 16.1. The van der Waals surface area contributed by atoms with Gasteiger partial charge in [0.05, 0.1) is 43.0 Å². The van der Waals surface area contributed by atoms with Crippen LogP contribution < -0.4 is 16.0 Å². The summed E-state index contributed by atoms with van der Waals surface area (Å²) < 4.78 is 21.0. The Morgan fingerprint density at radius 2 is 1.88 bits per heavy atom. The predicted octanol–water partition coefficient (Wildman–Crippen LogP) is 2.29. The van der Waals surface area contributed by atoms with Crippen LogP contribution in [0.2, 0.25) is 0 Å². The molecule has 0 spiro atoms. The number of hydrogen-bond acceptors (Lipinski definition) is 8. The summed E-state index contributed by atoms with van der Waals surface area (Å²) in [5.74, 6) is -1.50. The second-order valence-electron chi connectivity index (χ2n) is 7.63. The molecule has 0 saturated heterocycles. The highest BCUT2D eigenvalue weighted by atomic mass is 32.1. The number of benzene rings is 1. The normalized spacial score (nSPS) is 12.1. The molecule has 4 rings (SSSR count). The molecule has 1 unspecified atom stereocenters. The minimum absolute atomic E-state index is 0.0536. The van der Waals surface area contributed by atoms with Crippen LogP contribution in [0.1, 0.15) is 35.8 Å². The third-order valence-electron chi connectivity index (χ3n) is 5.56. The van der Waals surface area contributed by atoms with E-state index in [2.05, 4.69) is 10.2 Å². The van der Waals surface area contributed by atoms with Crippen molar-refractivity contribution in [3.05, 3.63) is 68.4 Å². The lowest BCUT2D eigenvalue weighted by Crippen LogP contribution is -2.43. The van der Waals surface area contributed by atoms with Crippen molar-refractivity contribution in [2.75, 3.05) is 7.11 Å². The minimum atomic E-state index is -1.06. The molecule has 0 fully saturated rings. The van der Waals surface area contributed by atoms with Crippen molar-refractivity contribution in [2.24, 2.45) is 0 Å². The number of ketones is 2. The number of carbonyl (C=O) groups is 2. The standard InChI is InChI=1S/C22H20FN5O5S/c1-11-18-19(31)27(12(2)13(3)29)22(32)26(21(18)34-20(11)28-24-7-8-25-28)10-16(30)15-9-14(23)5-6-17(15)33-4/h5-9,12H,10H2,1-4H3. The Balaban J connectivity index is 2.00. The molecule has 0 bridgehead atoms. The smallest absolute Gasteiger partial charge is 0.333 e. The molecule has 0 aliphatic rings. The fourth-order valence-electron chi connectivity index (χ4n) is 3.65. The van der Waals surface area contributed by atoms with Gasteiger partial charge in [-0.3, -0.25) is 19.0 Å². The number of thiophene rings is 1. The maximum absolute atomic E-state index is 13.9. The summed E-state index contributed by atoms with van der Waals surface area (Å²) >= 11 is 1.06. The van der Waals surface area contributed by atoms with E-state index in [1.54, 1.807) is 6.92 Å². The van der Waals surface area contributed by atoms with Gasteiger partial charge in [0.25, 0.3) is 5.56 Å². The van der Waals surface area contributed by atoms with Crippen LogP contribution in [-0.4, -0.2) is 42.8 Å². The van der Waals surface area contributed by atoms with Crippen molar-refractivity contribution in [3.63, 3.8) is 0 Å². The van der Waals surface area contributed by atoms with E-state index in [0.29, 0.717) is 10.6 Å². The lowest BCUT2D eigenvalue weighted by Gasteiger charge is -2.16. The molecule has 0 amide bonds. The number of aromatic nitrogens is 5. The average molecular weight is 485 g/mol. The molecule has 0 aliphatic heterocycles. The summed E-state index contributed by atoms with van der Waals surface area (Å²) in [6, 6.07) is 2.44. The van der Waals surface area contributed by atoms with Crippen LogP contribution in [-0.2, 0) is 11.3 Å². The number of methoxy groups -OCH3 is 1. The van der Waals surface area contributed by atoms with Gasteiger partial charge in [0, 0.05) is 5.56 Å². The summed E-state index contributed by atoms with van der Waals surface area (Å²) in [4.78, 5) is 53.6. The van der Waals surface area contributed by atoms with Gasteiger partial charge in [0.2, 0.25) is 0 Å². The quantitative estimate of drug-likeness (QED) is 0.369. The van der Waals surface area contributed by atoms with Crippen LogP contribution in [0, 0.1) is 12.7 Å². The van der Waals surface area contributed by atoms with Crippen LogP contribution in [0.3, 0.4) is 0 Å². The monoisotopic (exact) mass is 485 g/mol. The third kappa shape index (κ3) is 3.75. The Labute approximate surface area is 195 Å². The third-order valence-corrected chi connectivity index (χ3v) is 6.84. The Morgan fingerprint density at radius 1 is 1.21 bits per heavy atom. The zero-order chi connectivity index (χ0) is 24.7. The molecule has 12 heteroatoms. The number of rotatable bonds is 7. The molecular weight excluding hydrogens is 465 g/mol. The van der Waals surface area contributed by atoms with Gasteiger partial charge in [-0.15, -0.1) is 4.80 Å². The highest BCUT2D eigenvalue weighted by Crippen LogP contribution is 2.31. The second kappa shape index (κ2) is 8.78. The van der Waals surface area contributed by atoms with E-state index < -0.39 is 41.2 Å². The second-order valence-corrected chi connectivity index (χ2v) is 8.61. The zero-order valence-corrected chi connectivity index (χ0v) is 19.6. The molecule has 0 radical (unpaired) electrons. The van der Waals surface area contributed by atoms with Crippen LogP contribution in [0.4, 0.5) is 4.39 Å². The van der Waals surface area contributed by atoms with Gasteiger partial charge in [-0.2, -0.15) is 10.2 Å². The molecule has 3 aromatic heterocycles. The first kappa shape index (κ1) is 23.2. The van der Waals surface area contributed by atoms with Crippen LogP contribution in [0.5, 0.6) is 5.75 Å². The van der Waals surface area contributed by atoms with E-state index in [1.165, 1.54) is 44.2 Å². The predicted molar refractivity (Wildman–Crippen MR) is 123 cm³/mol. The van der Waals surface area contributed by atoms with Crippen molar-refractivity contribution in [2.45, 2.75) is 33.4 Å². The Hall–Kier alpha value is -3.93. The lowest BCUT2D eigenvalue weighted by atomic mass is 10.1. The molecule has 1 atom stereocenters. The Bertz CT molecular complexity index is 1550. The molecule has 34 heavy (non-hydrogen) atoms. The average Bonchev–Trinajstić information content (AvgIpc) is 3.44. The molecule has 10 nitrogen and oxygen atoms in total. The minimum Gasteiger partial charge on any atom is -0.496 e. The van der Waals surface area contributed by atoms with Gasteiger partial charge in [0.15, 0.2) is 11.6 Å². The molecule has 0 aliphatic carbocycles. The van der Waals surface area contributed by atoms with Crippen molar-refractivity contribution in [1.82, 2.24) is 24.1 Å². The van der Waals surface area contributed by atoms with Crippen LogP contribution in [0.25, 0.3) is 15.2 Å². The van der Waals surface area contributed by atoms with Gasteiger partial charge in [-0.1, -0.05) is 11.3 Å². The summed E-state index contributed by atoms with van der Waals surface area (Å²) in [6.45, 7) is 3.88. The highest BCUT2D eigenvalue weighted by molar-refractivity contribution is 7.21. The van der Waals surface area contributed by atoms with E-state index >= 15 is 0 Å². The summed E-state index contributed by atoms with van der Waals surface area (Å²) in [5.41, 5.74) is -1.04. The molecule has 3 heterocycles. The molecule has 176 valence electrons. The number of halogens is 1. The van der Waals surface area contributed by atoms with Crippen molar-refractivity contribution >= 4 is 33.1 Å². The van der Waals surface area contributed by atoms with Crippen LogP contribution in [0.15, 0.2) is 40.2 Å². The first-order valence-corrected chi connectivity index (χ1v) is 11.0. The summed E-state index contributed by atoms with van der Waals surface area (Å²) in [5, 5.41) is 8.83. The van der Waals surface area contributed by atoms with E-state index in [1.807, 2.05) is 0 Å². The van der Waals surface area contributed by atoms with Crippen molar-refractivity contribution in [1.29, 1.82) is 0 Å². The molecule has 4 aromatic rings. The first-order valence-electron chi connectivity index (χ1n) is 10.2. The Morgan fingerprint density at radius 3 is 2.50 bits per heavy atom. The Kier molecular flexibility index (Phi) is 6.00. The number of aryl methyl sites for hydroxylation is 1. The highest BCUT2D eigenvalue weighted by Gasteiger charge is 2.26. The van der Waals surface area contributed by atoms with Gasteiger partial charge in [0.1, 0.15) is 21.4 Å². The molecule has 0 N–H and O–H groups in total. The van der Waals surface area contributed by atoms with E-state index in [4.69, 9.17) is 4.74 Å². The molecule has 0 saturated carbocycles. The fourth-order valence-corrected chi connectivity index (χ4v) is 4.86. The number of nitrogens with zero attached hydrogens (tertiary/aromatic N) is 5. The maximum Gasteiger partial charge on any atom is 0.333 e. The number of hydrogen-bond donors (Lipinski definition) is 0. The van der Waals surface area contributed by atoms with Gasteiger partial charge < -0.3 is 4.74 Å². The summed E-state index contributed by atoms with van der Waals surface area (Å²) in [6.07, 6.45) is 2.93. The van der Waals surface area contributed by atoms with E-state index in [9.17, 15) is 23.6 Å². The summed E-state index contributed by atoms with van der Waals surface area (Å²) in [7, 11) is 1.34. The molecule has 1 aromatic carbocycles. The fraction of sp³-hybridized carbons (Fsp3) is 0.273. The van der Waals surface area contributed by atoms with Crippen LogP contribution >= 0.6 is 11.3 Å². The number of Topliss-reactive ketones (excluding diaryl/α,β-unsaturated/α-hetero) is 2. The van der Waals surface area contributed by atoms with Gasteiger partial charge in [-0.05, 0) is 39.0 Å². The van der Waals surface area contributed by atoms with Gasteiger partial charge in [-0.25, -0.2) is 13.8 Å². The number of carbonyl (C=O) groups excluding carboxylic acids is 2. The van der Waals surface area contributed by atoms with E-state index in [-0.39, 0.29) is 21.5 Å². The lowest BCUT2D eigenvalue weighted by molar-refractivity contribution is -0.119. The zero-order valence-electron chi connectivity index (χ0n) is 18.7. The van der Waals surface area contributed by atoms with E-state index in [0.717, 1.165) is 32.6 Å².